The number of ether oxygens (including phenoxy) is 3. The molecule has 0 saturated heterocycles. The van der Waals surface area contributed by atoms with Gasteiger partial charge in [0.15, 0.2) is 11.5 Å². The molecule has 0 aliphatic carbocycles. The van der Waals surface area contributed by atoms with Crippen molar-refractivity contribution in [2.75, 3.05) is 13.7 Å². The summed E-state index contributed by atoms with van der Waals surface area (Å²) in [5.41, 5.74) is 2.84. The van der Waals surface area contributed by atoms with E-state index in [-0.39, 0.29) is 23.0 Å². The minimum absolute atomic E-state index is 0.0673. The molecular weight excluding hydrogens is 538 g/mol. The molecule has 9 heteroatoms. The van der Waals surface area contributed by atoms with Crippen LogP contribution in [0.3, 0.4) is 0 Å². The van der Waals surface area contributed by atoms with Gasteiger partial charge in [0.05, 0.1) is 18.6 Å². The molecule has 0 aromatic heterocycles. The number of aliphatic hydroxyl groups excluding tert-OH is 1. The summed E-state index contributed by atoms with van der Waals surface area (Å²) >= 11 is 6.96. The topological polar surface area (TPSA) is 94.4 Å². The van der Waals surface area contributed by atoms with E-state index in [0.29, 0.717) is 39.2 Å². The highest BCUT2D eigenvalue weighted by Crippen LogP contribution is 2.40. The number of methoxy groups -OCH3 is 1. The number of thioether (sulfide) groups is 1. The molecule has 0 unspecified atom stereocenters. The summed E-state index contributed by atoms with van der Waals surface area (Å²) in [5, 5.41) is 11.7. The highest BCUT2D eigenvalue weighted by molar-refractivity contribution is 8.18. The van der Waals surface area contributed by atoms with Gasteiger partial charge in [0.2, 0.25) is 0 Å². The van der Waals surface area contributed by atoms with Gasteiger partial charge in [-0.1, -0.05) is 59.3 Å². The van der Waals surface area contributed by atoms with Crippen LogP contribution in [0.25, 0.3) is 6.08 Å². The van der Waals surface area contributed by atoms with Crippen molar-refractivity contribution in [2.24, 2.45) is 4.99 Å². The zero-order chi connectivity index (χ0) is 27.9. The molecule has 0 radical (unpaired) electrons. The lowest BCUT2D eigenvalue weighted by atomic mass is 10.1. The minimum Gasteiger partial charge on any atom is -0.506 e. The zero-order valence-corrected chi connectivity index (χ0v) is 23.1. The molecule has 1 heterocycles. The molecule has 3 aromatic rings. The third-order valence-corrected chi connectivity index (χ3v) is 6.94. The van der Waals surface area contributed by atoms with Gasteiger partial charge < -0.3 is 19.3 Å². The largest absolute Gasteiger partial charge is 0.506 e. The van der Waals surface area contributed by atoms with Crippen molar-refractivity contribution >= 4 is 46.4 Å². The lowest BCUT2D eigenvalue weighted by molar-refractivity contribution is -0.138. The number of esters is 1. The van der Waals surface area contributed by atoms with Gasteiger partial charge in [0, 0.05) is 10.6 Å². The van der Waals surface area contributed by atoms with Gasteiger partial charge in [-0.05, 0) is 67.4 Å². The monoisotopic (exact) mass is 563 g/mol. The standard InChI is InChI=1S/C30H26ClNO6S/c1-4-37-30(35)26-27(33)25(39-29(26)32-28(34)21-10-5-18(2)6-11-21)16-20-9-14-23(24(15-20)36-3)38-17-19-7-12-22(31)13-8-19/h5-16,33H,4,17H2,1-3H3/b25-16-,32-29?. The Balaban J connectivity index is 1.61. The Kier molecular flexibility index (Phi) is 9.11. The van der Waals surface area contributed by atoms with Gasteiger partial charge in [-0.2, -0.15) is 0 Å². The molecule has 4 rings (SSSR count). The molecule has 200 valence electrons. The third kappa shape index (κ3) is 6.90. The summed E-state index contributed by atoms with van der Waals surface area (Å²) in [6.07, 6.45) is 1.67. The van der Waals surface area contributed by atoms with Gasteiger partial charge >= 0.3 is 5.97 Å². The van der Waals surface area contributed by atoms with E-state index >= 15 is 0 Å². The second-order valence-electron chi connectivity index (χ2n) is 8.47. The molecule has 0 bridgehead atoms. The molecule has 0 atom stereocenters. The number of benzene rings is 3. The van der Waals surface area contributed by atoms with E-state index in [1.807, 2.05) is 19.1 Å². The molecule has 0 fully saturated rings. The van der Waals surface area contributed by atoms with Crippen LogP contribution in [-0.4, -0.2) is 35.7 Å². The molecule has 1 aliphatic heterocycles. The number of amides is 1. The van der Waals surface area contributed by atoms with E-state index in [0.717, 1.165) is 22.9 Å². The van der Waals surface area contributed by atoms with Crippen molar-refractivity contribution in [2.45, 2.75) is 20.5 Å². The Morgan fingerprint density at radius 3 is 2.41 bits per heavy atom. The average molecular weight is 564 g/mol. The first-order valence-electron chi connectivity index (χ1n) is 12.0. The predicted octanol–water partition coefficient (Wildman–Crippen LogP) is 6.94. The molecular formula is C30H26ClNO6S. The molecule has 39 heavy (non-hydrogen) atoms. The summed E-state index contributed by atoms with van der Waals surface area (Å²) < 4.78 is 16.5. The van der Waals surface area contributed by atoms with E-state index < -0.39 is 11.9 Å². The maximum atomic E-state index is 12.8. The predicted molar refractivity (Wildman–Crippen MR) is 154 cm³/mol. The lowest BCUT2D eigenvalue weighted by Gasteiger charge is -2.12. The number of hydrogen-bond donors (Lipinski definition) is 1. The molecule has 1 aliphatic rings. The number of nitrogens with zero attached hydrogens (tertiary/aromatic N) is 1. The van der Waals surface area contributed by atoms with Crippen molar-refractivity contribution in [3.63, 3.8) is 0 Å². The van der Waals surface area contributed by atoms with Crippen LogP contribution in [0.15, 0.2) is 88.0 Å². The van der Waals surface area contributed by atoms with Crippen LogP contribution in [0, 0.1) is 6.92 Å². The fraction of sp³-hybridized carbons (Fsp3) is 0.167. The third-order valence-electron chi connectivity index (χ3n) is 5.66. The zero-order valence-electron chi connectivity index (χ0n) is 21.6. The number of aliphatic hydroxyl groups is 1. The van der Waals surface area contributed by atoms with Crippen LogP contribution < -0.4 is 9.47 Å². The number of rotatable bonds is 8. The quantitative estimate of drug-likeness (QED) is 0.297. The van der Waals surface area contributed by atoms with Crippen molar-refractivity contribution in [1.82, 2.24) is 0 Å². The van der Waals surface area contributed by atoms with Gasteiger partial charge in [-0.3, -0.25) is 4.79 Å². The van der Waals surface area contributed by atoms with E-state index in [1.165, 1.54) is 7.11 Å². The fourth-order valence-electron chi connectivity index (χ4n) is 3.63. The number of carbonyl (C=O) groups is 2. The highest BCUT2D eigenvalue weighted by Gasteiger charge is 2.34. The van der Waals surface area contributed by atoms with E-state index in [4.69, 9.17) is 25.8 Å². The summed E-state index contributed by atoms with van der Waals surface area (Å²) in [5.74, 6) is -0.580. The van der Waals surface area contributed by atoms with Gasteiger partial charge in [-0.25, -0.2) is 9.79 Å². The molecule has 0 spiro atoms. The summed E-state index contributed by atoms with van der Waals surface area (Å²) in [4.78, 5) is 29.9. The minimum atomic E-state index is -0.759. The van der Waals surface area contributed by atoms with Crippen LogP contribution in [0.4, 0.5) is 0 Å². The Morgan fingerprint density at radius 1 is 1.03 bits per heavy atom. The second-order valence-corrected chi connectivity index (χ2v) is 9.94. The average Bonchev–Trinajstić information content (AvgIpc) is 3.23. The number of halogens is 1. The van der Waals surface area contributed by atoms with Crippen LogP contribution in [0.5, 0.6) is 11.5 Å². The van der Waals surface area contributed by atoms with Crippen molar-refractivity contribution in [3.05, 3.63) is 110 Å². The number of carbonyl (C=O) groups excluding carboxylic acids is 2. The number of aliphatic imine (C=N–C) groups is 1. The fourth-order valence-corrected chi connectivity index (χ4v) is 4.77. The Morgan fingerprint density at radius 2 is 1.74 bits per heavy atom. The maximum absolute atomic E-state index is 12.8. The van der Waals surface area contributed by atoms with Crippen molar-refractivity contribution < 1.29 is 28.9 Å². The summed E-state index contributed by atoms with van der Waals surface area (Å²) in [7, 11) is 1.53. The maximum Gasteiger partial charge on any atom is 0.344 e. The van der Waals surface area contributed by atoms with Gasteiger partial charge in [0.25, 0.3) is 5.91 Å². The normalized spacial score (nSPS) is 15.1. The Bertz CT molecular complexity index is 1480. The molecule has 0 saturated carbocycles. The summed E-state index contributed by atoms with van der Waals surface area (Å²) in [6.45, 7) is 4.00. The molecule has 1 amide bonds. The van der Waals surface area contributed by atoms with Gasteiger partial charge in [0.1, 0.15) is 23.0 Å². The van der Waals surface area contributed by atoms with Crippen LogP contribution in [0.1, 0.15) is 34.0 Å². The molecule has 7 nitrogen and oxygen atoms in total. The SMILES string of the molecule is CCOC(=O)C1=C(O)/C(=C/c2ccc(OCc3ccc(Cl)cc3)c(OC)c2)SC1=NC(=O)c1ccc(C)cc1. The Hall–Kier alpha value is -4.01. The first-order valence-corrected chi connectivity index (χ1v) is 13.2. The first-order chi connectivity index (χ1) is 18.8. The van der Waals surface area contributed by atoms with Crippen LogP contribution in [-0.2, 0) is 16.1 Å². The smallest absolute Gasteiger partial charge is 0.344 e. The lowest BCUT2D eigenvalue weighted by Crippen LogP contribution is -2.14. The number of hydrogen-bond acceptors (Lipinski definition) is 7. The van der Waals surface area contributed by atoms with E-state index in [1.54, 1.807) is 67.6 Å². The van der Waals surface area contributed by atoms with E-state index in [9.17, 15) is 14.7 Å². The van der Waals surface area contributed by atoms with Gasteiger partial charge in [-0.15, -0.1) is 0 Å². The van der Waals surface area contributed by atoms with Crippen LogP contribution >= 0.6 is 23.4 Å². The molecule has 1 N–H and O–H groups in total. The van der Waals surface area contributed by atoms with Crippen LogP contribution in [0.2, 0.25) is 5.02 Å². The summed E-state index contributed by atoms with van der Waals surface area (Å²) in [6, 6.07) is 19.6. The molecule has 3 aromatic carbocycles. The number of aryl methyl sites for hydroxylation is 1. The second kappa shape index (κ2) is 12.7. The van der Waals surface area contributed by atoms with Crippen molar-refractivity contribution in [1.29, 1.82) is 0 Å². The first kappa shape index (κ1) is 28.0. The van der Waals surface area contributed by atoms with Crippen molar-refractivity contribution in [3.8, 4) is 11.5 Å². The highest BCUT2D eigenvalue weighted by atomic mass is 35.5. The Labute approximate surface area is 235 Å². The van der Waals surface area contributed by atoms with E-state index in [2.05, 4.69) is 4.99 Å².